The number of furan rings is 1. The molecule has 5 heteroatoms. The molecule has 1 aromatic carbocycles. The zero-order valence-electron chi connectivity index (χ0n) is 9.67. The van der Waals surface area contributed by atoms with E-state index in [0.29, 0.717) is 16.5 Å². The molecule has 1 N–H and O–H groups in total. The van der Waals surface area contributed by atoms with Gasteiger partial charge in [0.1, 0.15) is 5.76 Å². The molecule has 94 valence electrons. The molecule has 0 fully saturated rings. The SMILES string of the molecule is Cc1cc(NC(=O)c2ccc(CCl)o2)ccc1Cl. The van der Waals surface area contributed by atoms with Gasteiger partial charge in [0.15, 0.2) is 5.76 Å². The minimum atomic E-state index is -0.312. The zero-order chi connectivity index (χ0) is 13.1. The van der Waals surface area contributed by atoms with Crippen LogP contribution in [-0.2, 0) is 5.88 Å². The second kappa shape index (κ2) is 5.46. The fourth-order valence-electron chi connectivity index (χ4n) is 1.49. The molecule has 0 atom stereocenters. The number of anilines is 1. The Morgan fingerprint density at radius 3 is 2.72 bits per heavy atom. The zero-order valence-corrected chi connectivity index (χ0v) is 11.2. The summed E-state index contributed by atoms with van der Waals surface area (Å²) in [4.78, 5) is 11.9. The van der Waals surface area contributed by atoms with Gasteiger partial charge in [-0.05, 0) is 42.8 Å². The van der Waals surface area contributed by atoms with Gasteiger partial charge in [-0.15, -0.1) is 11.6 Å². The van der Waals surface area contributed by atoms with Gasteiger partial charge in [-0.1, -0.05) is 11.6 Å². The first-order valence-electron chi connectivity index (χ1n) is 5.32. The minimum Gasteiger partial charge on any atom is -0.455 e. The molecule has 0 bridgehead atoms. The van der Waals surface area contributed by atoms with Crippen LogP contribution in [0.15, 0.2) is 34.7 Å². The number of hydrogen-bond donors (Lipinski definition) is 1. The predicted molar refractivity (Wildman–Crippen MR) is 72.4 cm³/mol. The molecule has 0 saturated carbocycles. The molecule has 0 aliphatic carbocycles. The van der Waals surface area contributed by atoms with E-state index in [9.17, 15) is 4.79 Å². The number of rotatable bonds is 3. The van der Waals surface area contributed by atoms with Gasteiger partial charge < -0.3 is 9.73 Å². The van der Waals surface area contributed by atoms with Crippen molar-refractivity contribution in [1.82, 2.24) is 0 Å². The van der Waals surface area contributed by atoms with E-state index in [1.807, 2.05) is 6.92 Å². The van der Waals surface area contributed by atoms with Crippen LogP contribution in [0.5, 0.6) is 0 Å². The molecule has 2 aromatic rings. The van der Waals surface area contributed by atoms with Gasteiger partial charge in [-0.3, -0.25) is 4.79 Å². The molecule has 2 rings (SSSR count). The summed E-state index contributed by atoms with van der Waals surface area (Å²) in [6, 6.07) is 8.54. The van der Waals surface area contributed by atoms with Crippen molar-refractivity contribution >= 4 is 34.8 Å². The van der Waals surface area contributed by atoms with E-state index in [4.69, 9.17) is 27.6 Å². The van der Waals surface area contributed by atoms with Crippen molar-refractivity contribution in [3.05, 3.63) is 52.4 Å². The number of carbonyl (C=O) groups excluding carboxylic acids is 1. The Kier molecular flexibility index (Phi) is 3.94. The Balaban J connectivity index is 2.13. The number of hydrogen-bond acceptors (Lipinski definition) is 2. The fraction of sp³-hybridized carbons (Fsp3) is 0.154. The highest BCUT2D eigenvalue weighted by molar-refractivity contribution is 6.31. The number of amides is 1. The maximum atomic E-state index is 11.9. The summed E-state index contributed by atoms with van der Waals surface area (Å²) >= 11 is 11.5. The van der Waals surface area contributed by atoms with Crippen LogP contribution in [0.25, 0.3) is 0 Å². The summed E-state index contributed by atoms with van der Waals surface area (Å²) in [5.41, 5.74) is 1.57. The van der Waals surface area contributed by atoms with E-state index in [1.54, 1.807) is 30.3 Å². The molecule has 1 amide bonds. The Morgan fingerprint density at radius 2 is 2.11 bits per heavy atom. The highest BCUT2D eigenvalue weighted by Crippen LogP contribution is 2.20. The summed E-state index contributed by atoms with van der Waals surface area (Å²) in [6.07, 6.45) is 0. The van der Waals surface area contributed by atoms with Crippen molar-refractivity contribution in [2.45, 2.75) is 12.8 Å². The van der Waals surface area contributed by atoms with Crippen LogP contribution in [0.1, 0.15) is 21.9 Å². The number of alkyl halides is 1. The quantitative estimate of drug-likeness (QED) is 0.857. The lowest BCUT2D eigenvalue weighted by Gasteiger charge is -2.05. The summed E-state index contributed by atoms with van der Waals surface area (Å²) in [6.45, 7) is 1.87. The first-order chi connectivity index (χ1) is 8.60. The van der Waals surface area contributed by atoms with Crippen molar-refractivity contribution in [1.29, 1.82) is 0 Å². The van der Waals surface area contributed by atoms with Gasteiger partial charge in [0, 0.05) is 10.7 Å². The van der Waals surface area contributed by atoms with Crippen molar-refractivity contribution < 1.29 is 9.21 Å². The summed E-state index contributed by atoms with van der Waals surface area (Å²) in [5, 5.41) is 3.39. The van der Waals surface area contributed by atoms with E-state index in [2.05, 4.69) is 5.32 Å². The van der Waals surface area contributed by atoms with E-state index in [1.165, 1.54) is 0 Å². The molecule has 0 spiro atoms. The molecular formula is C13H11Cl2NO2. The number of carbonyl (C=O) groups is 1. The number of nitrogens with one attached hydrogen (secondary N) is 1. The monoisotopic (exact) mass is 283 g/mol. The van der Waals surface area contributed by atoms with Gasteiger partial charge in [-0.2, -0.15) is 0 Å². The topological polar surface area (TPSA) is 42.2 Å². The highest BCUT2D eigenvalue weighted by atomic mass is 35.5. The van der Waals surface area contributed by atoms with Gasteiger partial charge in [0.2, 0.25) is 0 Å². The minimum absolute atomic E-state index is 0.234. The lowest BCUT2D eigenvalue weighted by Crippen LogP contribution is -2.10. The van der Waals surface area contributed by atoms with Crippen molar-refractivity contribution in [3.63, 3.8) is 0 Å². The molecular weight excluding hydrogens is 273 g/mol. The van der Waals surface area contributed by atoms with E-state index < -0.39 is 0 Å². The average Bonchev–Trinajstić information content (AvgIpc) is 2.82. The number of benzene rings is 1. The Morgan fingerprint density at radius 1 is 1.33 bits per heavy atom. The standard InChI is InChI=1S/C13H11Cl2NO2/c1-8-6-9(2-4-11(8)15)16-13(17)12-5-3-10(7-14)18-12/h2-6H,7H2,1H3,(H,16,17). The molecule has 0 unspecified atom stereocenters. The van der Waals surface area contributed by atoms with E-state index in [-0.39, 0.29) is 17.5 Å². The lowest BCUT2D eigenvalue weighted by atomic mass is 10.2. The van der Waals surface area contributed by atoms with Gasteiger partial charge in [0.25, 0.3) is 5.91 Å². The smallest absolute Gasteiger partial charge is 0.291 e. The molecule has 18 heavy (non-hydrogen) atoms. The van der Waals surface area contributed by atoms with Crippen molar-refractivity contribution in [3.8, 4) is 0 Å². The maximum absolute atomic E-state index is 11.9. The van der Waals surface area contributed by atoms with Crippen LogP contribution in [0, 0.1) is 6.92 Å². The first-order valence-corrected chi connectivity index (χ1v) is 6.23. The normalized spacial score (nSPS) is 10.4. The number of halogens is 2. The Hall–Kier alpha value is -1.45. The molecule has 1 aromatic heterocycles. The Bertz CT molecular complexity index is 578. The van der Waals surface area contributed by atoms with Crippen LogP contribution in [0.3, 0.4) is 0 Å². The van der Waals surface area contributed by atoms with Crippen LogP contribution >= 0.6 is 23.2 Å². The molecule has 0 aliphatic rings. The first kappa shape index (κ1) is 13.0. The maximum Gasteiger partial charge on any atom is 0.291 e. The third-order valence-corrected chi connectivity index (χ3v) is 3.12. The largest absolute Gasteiger partial charge is 0.455 e. The van der Waals surface area contributed by atoms with Gasteiger partial charge in [0.05, 0.1) is 5.88 Å². The van der Waals surface area contributed by atoms with Crippen molar-refractivity contribution in [2.24, 2.45) is 0 Å². The van der Waals surface area contributed by atoms with Crippen LogP contribution in [-0.4, -0.2) is 5.91 Å². The molecule has 1 heterocycles. The van der Waals surface area contributed by atoms with E-state index >= 15 is 0 Å². The third kappa shape index (κ3) is 2.86. The summed E-state index contributed by atoms with van der Waals surface area (Å²) < 4.78 is 5.25. The predicted octanol–water partition coefficient (Wildman–Crippen LogP) is 4.23. The Labute approximate surface area is 115 Å². The molecule has 3 nitrogen and oxygen atoms in total. The fourth-order valence-corrected chi connectivity index (χ4v) is 1.75. The van der Waals surface area contributed by atoms with Crippen molar-refractivity contribution in [2.75, 3.05) is 5.32 Å². The average molecular weight is 284 g/mol. The van der Waals surface area contributed by atoms with Crippen LogP contribution < -0.4 is 5.32 Å². The second-order valence-electron chi connectivity index (χ2n) is 3.82. The highest BCUT2D eigenvalue weighted by Gasteiger charge is 2.11. The molecule has 0 aliphatic heterocycles. The van der Waals surface area contributed by atoms with Crippen LogP contribution in [0.2, 0.25) is 5.02 Å². The molecule has 0 saturated heterocycles. The summed E-state index contributed by atoms with van der Waals surface area (Å²) in [7, 11) is 0. The third-order valence-electron chi connectivity index (χ3n) is 2.43. The van der Waals surface area contributed by atoms with Gasteiger partial charge >= 0.3 is 0 Å². The second-order valence-corrected chi connectivity index (χ2v) is 4.49. The number of aryl methyl sites for hydroxylation is 1. The molecule has 0 radical (unpaired) electrons. The lowest BCUT2D eigenvalue weighted by molar-refractivity contribution is 0.0995. The van der Waals surface area contributed by atoms with Crippen LogP contribution in [0.4, 0.5) is 5.69 Å². The van der Waals surface area contributed by atoms with E-state index in [0.717, 1.165) is 5.56 Å². The summed E-state index contributed by atoms with van der Waals surface area (Å²) in [5.74, 6) is 0.730. The van der Waals surface area contributed by atoms with Gasteiger partial charge in [-0.25, -0.2) is 0 Å².